The van der Waals surface area contributed by atoms with Crippen molar-refractivity contribution in [3.8, 4) is 11.3 Å². The Labute approximate surface area is 171 Å². The molecule has 0 unspecified atom stereocenters. The summed E-state index contributed by atoms with van der Waals surface area (Å²) in [7, 11) is 0. The molecule has 0 spiro atoms. The van der Waals surface area contributed by atoms with Gasteiger partial charge in [0.15, 0.2) is 0 Å². The van der Waals surface area contributed by atoms with Gasteiger partial charge in [-0.05, 0) is 25.5 Å². The number of nitrogens with one attached hydrogen (secondary N) is 2. The highest BCUT2D eigenvalue weighted by molar-refractivity contribution is 5.96. The molecule has 0 aliphatic carbocycles. The van der Waals surface area contributed by atoms with Crippen molar-refractivity contribution in [2.24, 2.45) is 0 Å². The third-order valence-corrected chi connectivity index (χ3v) is 4.29. The monoisotopic (exact) mass is 390 g/mol. The average Bonchev–Trinajstić information content (AvgIpc) is 2.75. The normalized spacial score (nSPS) is 10.4. The fraction of sp³-hybridized carbons (Fsp3) is 0.261. The third-order valence-electron chi connectivity index (χ3n) is 4.29. The highest BCUT2D eigenvalue weighted by atomic mass is 16.5. The van der Waals surface area contributed by atoms with Crippen LogP contribution in [-0.2, 0) is 4.74 Å². The molecule has 0 amide bonds. The first-order chi connectivity index (χ1) is 14.2. The van der Waals surface area contributed by atoms with Crippen LogP contribution in [0.3, 0.4) is 0 Å². The van der Waals surface area contributed by atoms with E-state index in [1.165, 1.54) is 0 Å². The lowest BCUT2D eigenvalue weighted by Gasteiger charge is -2.13. The van der Waals surface area contributed by atoms with Crippen LogP contribution < -0.4 is 10.6 Å². The first-order valence-electron chi connectivity index (χ1n) is 9.92. The van der Waals surface area contributed by atoms with Gasteiger partial charge in [-0.25, -0.2) is 9.78 Å². The van der Waals surface area contributed by atoms with E-state index in [0.29, 0.717) is 29.6 Å². The second-order valence-corrected chi connectivity index (χ2v) is 6.50. The summed E-state index contributed by atoms with van der Waals surface area (Å²) in [5.74, 6) is 0.791. The fourth-order valence-electron chi connectivity index (χ4n) is 2.84. The Morgan fingerprint density at radius 3 is 2.52 bits per heavy atom. The van der Waals surface area contributed by atoms with Crippen LogP contribution in [0.5, 0.6) is 0 Å². The number of aromatic nitrogens is 2. The number of hydrogen-bond donors (Lipinski definition) is 2. The Morgan fingerprint density at radius 1 is 1.00 bits per heavy atom. The van der Waals surface area contributed by atoms with Gasteiger partial charge in [-0.1, -0.05) is 55.8 Å². The summed E-state index contributed by atoms with van der Waals surface area (Å²) in [5.41, 5.74) is 2.91. The molecule has 0 aliphatic rings. The number of hydrogen-bond acceptors (Lipinski definition) is 6. The Bertz CT molecular complexity index is 945. The number of benzene rings is 2. The van der Waals surface area contributed by atoms with E-state index < -0.39 is 0 Å². The van der Waals surface area contributed by atoms with Crippen LogP contribution >= 0.6 is 0 Å². The van der Waals surface area contributed by atoms with Crippen LogP contribution in [0.4, 0.5) is 17.5 Å². The van der Waals surface area contributed by atoms with E-state index >= 15 is 0 Å². The largest absolute Gasteiger partial charge is 0.462 e. The van der Waals surface area contributed by atoms with Crippen LogP contribution in [0.15, 0.2) is 60.7 Å². The number of esters is 1. The van der Waals surface area contributed by atoms with Gasteiger partial charge < -0.3 is 15.4 Å². The van der Waals surface area contributed by atoms with Gasteiger partial charge in [0.2, 0.25) is 5.95 Å². The van der Waals surface area contributed by atoms with Gasteiger partial charge in [0.1, 0.15) is 5.82 Å². The van der Waals surface area contributed by atoms with Crippen LogP contribution in [0.25, 0.3) is 11.3 Å². The molecule has 29 heavy (non-hydrogen) atoms. The molecule has 150 valence electrons. The summed E-state index contributed by atoms with van der Waals surface area (Å²) in [6.45, 7) is 5.05. The molecule has 3 aromatic rings. The SMILES string of the molecule is CCCCNc1nc(Nc2ccccc2C(=O)OCC)cc(-c2ccccc2)n1. The number of rotatable bonds is 9. The molecule has 0 saturated carbocycles. The molecule has 0 aliphatic heterocycles. The fourth-order valence-corrected chi connectivity index (χ4v) is 2.84. The quantitative estimate of drug-likeness (QED) is 0.383. The minimum Gasteiger partial charge on any atom is -0.462 e. The van der Waals surface area contributed by atoms with Gasteiger partial charge in [-0.2, -0.15) is 4.98 Å². The van der Waals surface area contributed by atoms with E-state index in [2.05, 4.69) is 27.5 Å². The van der Waals surface area contributed by atoms with E-state index in [1.807, 2.05) is 54.6 Å². The van der Waals surface area contributed by atoms with E-state index in [0.717, 1.165) is 30.6 Å². The number of ether oxygens (including phenoxy) is 1. The number of nitrogens with zero attached hydrogens (tertiary/aromatic N) is 2. The molecular weight excluding hydrogens is 364 g/mol. The van der Waals surface area contributed by atoms with Crippen LogP contribution in [-0.4, -0.2) is 29.1 Å². The topological polar surface area (TPSA) is 76.1 Å². The summed E-state index contributed by atoms with van der Waals surface area (Å²) in [6, 6.07) is 19.1. The lowest BCUT2D eigenvalue weighted by Crippen LogP contribution is -2.10. The van der Waals surface area contributed by atoms with Crippen LogP contribution in [0.1, 0.15) is 37.0 Å². The molecule has 6 heteroatoms. The smallest absolute Gasteiger partial charge is 0.340 e. The predicted octanol–water partition coefficient (Wildman–Crippen LogP) is 5.28. The Balaban J connectivity index is 1.94. The Morgan fingerprint density at radius 2 is 1.76 bits per heavy atom. The van der Waals surface area contributed by atoms with Gasteiger partial charge in [-0.3, -0.25) is 0 Å². The van der Waals surface area contributed by atoms with Crippen LogP contribution in [0.2, 0.25) is 0 Å². The maximum atomic E-state index is 12.3. The highest BCUT2D eigenvalue weighted by Gasteiger charge is 2.14. The van der Waals surface area contributed by atoms with Crippen molar-refractivity contribution < 1.29 is 9.53 Å². The third kappa shape index (κ3) is 5.54. The zero-order valence-corrected chi connectivity index (χ0v) is 16.8. The van der Waals surface area contributed by atoms with Crippen molar-refractivity contribution in [1.29, 1.82) is 0 Å². The molecule has 1 aromatic heterocycles. The number of carbonyl (C=O) groups excluding carboxylic acids is 1. The number of para-hydroxylation sites is 1. The minimum absolute atomic E-state index is 0.324. The summed E-state index contributed by atoms with van der Waals surface area (Å²) in [6.07, 6.45) is 2.12. The van der Waals surface area contributed by atoms with Crippen molar-refractivity contribution >= 4 is 23.4 Å². The second kappa shape index (κ2) is 10.2. The van der Waals surface area contributed by atoms with E-state index in [9.17, 15) is 4.79 Å². The summed E-state index contributed by atoms with van der Waals surface area (Å²) >= 11 is 0. The molecule has 3 rings (SSSR count). The zero-order valence-electron chi connectivity index (χ0n) is 16.8. The summed E-state index contributed by atoms with van der Waals surface area (Å²) in [5, 5.41) is 6.55. The molecule has 0 saturated heterocycles. The van der Waals surface area contributed by atoms with Gasteiger partial charge in [0.05, 0.1) is 23.6 Å². The maximum Gasteiger partial charge on any atom is 0.340 e. The van der Waals surface area contributed by atoms with E-state index in [4.69, 9.17) is 4.74 Å². The molecule has 2 N–H and O–H groups in total. The lowest BCUT2D eigenvalue weighted by atomic mass is 10.1. The van der Waals surface area contributed by atoms with Crippen LogP contribution in [0, 0.1) is 0 Å². The molecule has 1 heterocycles. The first kappa shape index (κ1) is 20.3. The lowest BCUT2D eigenvalue weighted by molar-refractivity contribution is 0.0527. The zero-order chi connectivity index (χ0) is 20.5. The highest BCUT2D eigenvalue weighted by Crippen LogP contribution is 2.25. The number of anilines is 3. The summed E-state index contributed by atoms with van der Waals surface area (Å²) < 4.78 is 5.16. The molecule has 0 fully saturated rings. The molecule has 0 bridgehead atoms. The molecule has 0 atom stereocenters. The number of unbranched alkanes of at least 4 members (excludes halogenated alkanes) is 1. The summed E-state index contributed by atoms with van der Waals surface area (Å²) in [4.78, 5) is 21.5. The molecule has 6 nitrogen and oxygen atoms in total. The van der Waals surface area contributed by atoms with Crippen molar-refractivity contribution in [3.05, 3.63) is 66.2 Å². The Kier molecular flexibility index (Phi) is 7.16. The average molecular weight is 390 g/mol. The van der Waals surface area contributed by atoms with E-state index in [-0.39, 0.29) is 5.97 Å². The van der Waals surface area contributed by atoms with Crippen molar-refractivity contribution in [2.45, 2.75) is 26.7 Å². The first-order valence-corrected chi connectivity index (χ1v) is 9.92. The number of carbonyl (C=O) groups is 1. The van der Waals surface area contributed by atoms with Gasteiger partial charge >= 0.3 is 5.97 Å². The maximum absolute atomic E-state index is 12.3. The molecule has 2 aromatic carbocycles. The Hall–Kier alpha value is -3.41. The van der Waals surface area contributed by atoms with Gasteiger partial charge in [0.25, 0.3) is 0 Å². The van der Waals surface area contributed by atoms with Gasteiger partial charge in [0, 0.05) is 18.2 Å². The second-order valence-electron chi connectivity index (χ2n) is 6.50. The van der Waals surface area contributed by atoms with Gasteiger partial charge in [-0.15, -0.1) is 0 Å². The van der Waals surface area contributed by atoms with Crippen molar-refractivity contribution in [1.82, 2.24) is 9.97 Å². The van der Waals surface area contributed by atoms with Crippen molar-refractivity contribution in [3.63, 3.8) is 0 Å². The predicted molar refractivity (Wildman–Crippen MR) is 117 cm³/mol. The van der Waals surface area contributed by atoms with Crippen molar-refractivity contribution in [2.75, 3.05) is 23.8 Å². The molecular formula is C23H26N4O2. The standard InChI is InChI=1S/C23H26N4O2/c1-3-5-15-24-23-26-20(17-11-7-6-8-12-17)16-21(27-23)25-19-14-10-9-13-18(19)22(28)29-4-2/h6-14,16H,3-5,15H2,1-2H3,(H2,24,25,26,27). The van der Waals surface area contributed by atoms with E-state index in [1.54, 1.807) is 13.0 Å². The molecule has 0 radical (unpaired) electrons. The minimum atomic E-state index is -0.366.